The van der Waals surface area contributed by atoms with Gasteiger partial charge in [-0.25, -0.2) is 8.78 Å². The second-order valence-corrected chi connectivity index (χ2v) is 6.89. The lowest BCUT2D eigenvalue weighted by molar-refractivity contribution is 0.00578. The molecule has 1 aromatic rings. The average molecular weight is 326 g/mol. The molecule has 0 unspecified atom stereocenters. The van der Waals surface area contributed by atoms with Crippen molar-refractivity contribution in [3.63, 3.8) is 0 Å². The fourth-order valence-corrected chi connectivity index (χ4v) is 2.30. The Kier molecular flexibility index (Phi) is 5.36. The lowest BCUT2D eigenvalue weighted by Gasteiger charge is -2.32. The Labute approximate surface area is 137 Å². The van der Waals surface area contributed by atoms with Crippen LogP contribution in [0.3, 0.4) is 0 Å². The van der Waals surface area contributed by atoms with Crippen molar-refractivity contribution in [3.8, 4) is 5.75 Å². The van der Waals surface area contributed by atoms with Crippen LogP contribution < -0.4 is 10.2 Å². The van der Waals surface area contributed by atoms with Crippen molar-refractivity contribution in [2.75, 3.05) is 6.61 Å². The van der Waals surface area contributed by atoms with E-state index in [9.17, 15) is 8.78 Å². The third kappa shape index (κ3) is 3.86. The lowest BCUT2D eigenvalue weighted by Crippen LogP contribution is -2.41. The molecule has 1 saturated heterocycles. The minimum absolute atomic E-state index is 0.0586. The van der Waals surface area contributed by atoms with E-state index in [4.69, 9.17) is 14.0 Å². The molecule has 0 radical (unpaired) electrons. The molecule has 0 bridgehead atoms. The van der Waals surface area contributed by atoms with Crippen molar-refractivity contribution >= 4 is 12.6 Å². The van der Waals surface area contributed by atoms with Gasteiger partial charge in [0.2, 0.25) is 0 Å². The number of ether oxygens (including phenoxy) is 1. The highest BCUT2D eigenvalue weighted by Crippen LogP contribution is 2.37. The van der Waals surface area contributed by atoms with Gasteiger partial charge in [0.1, 0.15) is 5.75 Å². The third-order valence-corrected chi connectivity index (χ3v) is 4.55. The Bertz CT molecular complexity index is 531. The van der Waals surface area contributed by atoms with Gasteiger partial charge in [-0.05, 0) is 40.2 Å². The summed E-state index contributed by atoms with van der Waals surface area (Å²) in [6.07, 6.45) is -0.696. The maximum atomic E-state index is 13.0. The van der Waals surface area contributed by atoms with Gasteiger partial charge in [0, 0.05) is 11.0 Å². The summed E-state index contributed by atoms with van der Waals surface area (Å²) in [6, 6.07) is 4.41. The van der Waals surface area contributed by atoms with Crippen LogP contribution >= 0.6 is 0 Å². The molecule has 0 aromatic heterocycles. The third-order valence-electron chi connectivity index (χ3n) is 4.55. The molecule has 0 aliphatic carbocycles. The molecule has 1 aliphatic heterocycles. The van der Waals surface area contributed by atoms with Crippen LogP contribution in [0.2, 0.25) is 0 Å². The molecule has 1 heterocycles. The summed E-state index contributed by atoms with van der Waals surface area (Å²) in [5, 5.41) is 0. The molecular formula is C17H25BF2O3. The van der Waals surface area contributed by atoms with E-state index >= 15 is 0 Å². The van der Waals surface area contributed by atoms with Crippen LogP contribution in [0.25, 0.3) is 0 Å². The molecular weight excluding hydrogens is 301 g/mol. The van der Waals surface area contributed by atoms with Crippen LogP contribution in [0.5, 0.6) is 5.75 Å². The zero-order valence-electron chi connectivity index (χ0n) is 14.5. The molecule has 3 nitrogen and oxygen atoms in total. The summed E-state index contributed by atoms with van der Waals surface area (Å²) in [5.74, 6) is 0.412. The van der Waals surface area contributed by atoms with Crippen molar-refractivity contribution in [2.24, 2.45) is 0 Å². The van der Waals surface area contributed by atoms with Gasteiger partial charge in [0.15, 0.2) is 0 Å². The van der Waals surface area contributed by atoms with Gasteiger partial charge < -0.3 is 14.0 Å². The highest BCUT2D eigenvalue weighted by atomic mass is 19.3. The number of halogens is 2. The van der Waals surface area contributed by atoms with Gasteiger partial charge in [-0.3, -0.25) is 0 Å². The Morgan fingerprint density at radius 2 is 1.74 bits per heavy atom. The summed E-state index contributed by atoms with van der Waals surface area (Å²) in [7, 11) is -0.622. The quantitative estimate of drug-likeness (QED) is 0.582. The predicted molar refractivity (Wildman–Crippen MR) is 87.5 cm³/mol. The summed E-state index contributed by atoms with van der Waals surface area (Å²) in [5.41, 5.74) is -0.375. The van der Waals surface area contributed by atoms with Crippen molar-refractivity contribution < 1.29 is 22.8 Å². The van der Waals surface area contributed by atoms with Gasteiger partial charge in [-0.2, -0.15) is 0 Å². The Morgan fingerprint density at radius 3 is 2.26 bits per heavy atom. The largest absolute Gasteiger partial charge is 0.498 e. The van der Waals surface area contributed by atoms with Crippen LogP contribution in [0, 0.1) is 0 Å². The van der Waals surface area contributed by atoms with Crippen molar-refractivity contribution in [3.05, 3.63) is 23.8 Å². The van der Waals surface area contributed by atoms with Crippen molar-refractivity contribution in [2.45, 2.75) is 65.1 Å². The topological polar surface area (TPSA) is 27.7 Å². The van der Waals surface area contributed by atoms with E-state index in [1.165, 1.54) is 12.1 Å². The second kappa shape index (κ2) is 6.77. The minimum Gasteiger partial charge on any atom is -0.494 e. The highest BCUT2D eigenvalue weighted by Gasteiger charge is 2.52. The Hall–Kier alpha value is -1.14. The Morgan fingerprint density at radius 1 is 1.13 bits per heavy atom. The molecule has 23 heavy (non-hydrogen) atoms. The standard InChI is InChI=1S/C17H25BF2O3/c1-6-7-10-21-14-11-12(15(19)20)8-9-13(14)18-22-16(2,3)17(4,5)23-18/h8-9,11,15H,6-7,10H2,1-5H3. The lowest BCUT2D eigenvalue weighted by atomic mass is 9.78. The molecule has 1 aliphatic rings. The molecule has 1 fully saturated rings. The average Bonchev–Trinajstić information content (AvgIpc) is 2.67. The van der Waals surface area contributed by atoms with E-state index in [0.717, 1.165) is 12.8 Å². The predicted octanol–water partition coefficient (Wildman–Crippen LogP) is 4.10. The van der Waals surface area contributed by atoms with Gasteiger partial charge in [-0.15, -0.1) is 0 Å². The summed E-state index contributed by atoms with van der Waals surface area (Å²) in [4.78, 5) is 0. The van der Waals surface area contributed by atoms with Crippen LogP contribution in [-0.4, -0.2) is 24.9 Å². The van der Waals surface area contributed by atoms with Gasteiger partial charge in [0.05, 0.1) is 17.8 Å². The number of alkyl halides is 2. The first-order valence-corrected chi connectivity index (χ1v) is 8.08. The van der Waals surface area contributed by atoms with E-state index < -0.39 is 24.7 Å². The fraction of sp³-hybridized carbons (Fsp3) is 0.647. The molecule has 0 saturated carbocycles. The van der Waals surface area contributed by atoms with E-state index in [1.807, 2.05) is 34.6 Å². The molecule has 1 aromatic carbocycles. The van der Waals surface area contributed by atoms with Crippen molar-refractivity contribution in [1.82, 2.24) is 0 Å². The van der Waals surface area contributed by atoms with E-state index in [1.54, 1.807) is 6.07 Å². The molecule has 128 valence electrons. The van der Waals surface area contributed by atoms with Crippen LogP contribution in [0.15, 0.2) is 18.2 Å². The van der Waals surface area contributed by atoms with Crippen LogP contribution in [-0.2, 0) is 9.31 Å². The Balaban J connectivity index is 2.30. The first-order chi connectivity index (χ1) is 10.7. The zero-order chi connectivity index (χ0) is 17.3. The van der Waals surface area contributed by atoms with Crippen LogP contribution in [0.1, 0.15) is 59.4 Å². The minimum atomic E-state index is -2.53. The number of hydrogen-bond donors (Lipinski definition) is 0. The summed E-state index contributed by atoms with van der Waals surface area (Å²) < 4.78 is 43.7. The molecule has 0 spiro atoms. The fourth-order valence-electron chi connectivity index (χ4n) is 2.30. The molecule has 6 heteroatoms. The SMILES string of the molecule is CCCCOc1cc(C(F)F)ccc1B1OC(C)(C)C(C)(C)O1. The normalized spacial score (nSPS) is 19.4. The van der Waals surface area contributed by atoms with Gasteiger partial charge >= 0.3 is 7.12 Å². The second-order valence-electron chi connectivity index (χ2n) is 6.89. The monoisotopic (exact) mass is 326 g/mol. The number of unbranched alkanes of at least 4 members (excludes halogenated alkanes) is 1. The van der Waals surface area contributed by atoms with E-state index in [2.05, 4.69) is 0 Å². The van der Waals surface area contributed by atoms with Crippen molar-refractivity contribution in [1.29, 1.82) is 0 Å². The maximum absolute atomic E-state index is 13.0. The summed E-state index contributed by atoms with van der Waals surface area (Å²) >= 11 is 0. The van der Waals surface area contributed by atoms with E-state index in [-0.39, 0.29) is 5.56 Å². The molecule has 0 atom stereocenters. The number of benzene rings is 1. The number of hydrogen-bond acceptors (Lipinski definition) is 3. The zero-order valence-corrected chi connectivity index (χ0v) is 14.5. The van der Waals surface area contributed by atoms with Crippen LogP contribution in [0.4, 0.5) is 8.78 Å². The maximum Gasteiger partial charge on any atom is 0.498 e. The highest BCUT2D eigenvalue weighted by molar-refractivity contribution is 6.63. The smallest absolute Gasteiger partial charge is 0.494 e. The number of rotatable bonds is 6. The first kappa shape index (κ1) is 18.2. The van der Waals surface area contributed by atoms with E-state index in [0.29, 0.717) is 17.8 Å². The first-order valence-electron chi connectivity index (χ1n) is 8.08. The molecule has 0 N–H and O–H groups in total. The van der Waals surface area contributed by atoms with Gasteiger partial charge in [0.25, 0.3) is 6.43 Å². The molecule has 0 amide bonds. The molecule has 2 rings (SSSR count). The van der Waals surface area contributed by atoms with Gasteiger partial charge in [-0.1, -0.05) is 25.5 Å². The summed E-state index contributed by atoms with van der Waals surface area (Å²) in [6.45, 7) is 10.4.